The molecular formula is C11H9F2N. The summed E-state index contributed by atoms with van der Waals surface area (Å²) in [5, 5.41) is 8.95. The van der Waals surface area contributed by atoms with E-state index in [1.54, 1.807) is 18.2 Å². The van der Waals surface area contributed by atoms with Crippen molar-refractivity contribution in [2.45, 2.75) is 24.4 Å². The van der Waals surface area contributed by atoms with E-state index < -0.39 is 17.4 Å². The van der Waals surface area contributed by atoms with Crippen LogP contribution in [0.25, 0.3) is 0 Å². The lowest BCUT2D eigenvalue weighted by molar-refractivity contribution is 0.131. The van der Waals surface area contributed by atoms with Gasteiger partial charge in [0.05, 0.1) is 11.5 Å². The molecule has 3 heteroatoms. The normalized spacial score (nSPS) is 30.5. The molecule has 1 aromatic rings. The Balaban J connectivity index is 2.40. The minimum absolute atomic E-state index is 0.116. The molecule has 0 saturated heterocycles. The molecule has 0 spiro atoms. The van der Waals surface area contributed by atoms with Gasteiger partial charge in [-0.25, -0.2) is 8.78 Å². The number of nitriles is 1. The molecule has 2 rings (SSSR count). The molecule has 0 aromatic heterocycles. The Bertz CT molecular complexity index is 389. The van der Waals surface area contributed by atoms with Crippen molar-refractivity contribution in [3.63, 3.8) is 0 Å². The van der Waals surface area contributed by atoms with Crippen LogP contribution >= 0.6 is 0 Å². The van der Waals surface area contributed by atoms with Gasteiger partial charge in [0, 0.05) is 18.4 Å². The van der Waals surface area contributed by atoms with Crippen molar-refractivity contribution in [1.29, 1.82) is 5.26 Å². The van der Waals surface area contributed by atoms with Crippen LogP contribution in [0.2, 0.25) is 0 Å². The van der Waals surface area contributed by atoms with Crippen LogP contribution in [-0.2, 0) is 5.41 Å². The lowest BCUT2D eigenvalue weighted by Crippen LogP contribution is -2.41. The summed E-state index contributed by atoms with van der Waals surface area (Å²) in [6.45, 7) is 0. The molecular weight excluding hydrogens is 184 g/mol. The van der Waals surface area contributed by atoms with E-state index in [0.29, 0.717) is 5.56 Å². The highest BCUT2D eigenvalue weighted by Gasteiger charge is 2.47. The molecule has 1 saturated carbocycles. The van der Waals surface area contributed by atoms with Gasteiger partial charge < -0.3 is 0 Å². The summed E-state index contributed by atoms with van der Waals surface area (Å²) in [5.74, 6) is -0.416. The number of alkyl halides is 1. The summed E-state index contributed by atoms with van der Waals surface area (Å²) in [7, 11) is 0. The van der Waals surface area contributed by atoms with Gasteiger partial charge in [-0.15, -0.1) is 0 Å². The number of halogens is 2. The Labute approximate surface area is 81.0 Å². The smallest absolute Gasteiger partial charge is 0.128 e. The quantitative estimate of drug-likeness (QED) is 0.672. The number of hydrogen-bond donors (Lipinski definition) is 0. The Kier molecular flexibility index (Phi) is 1.99. The molecule has 1 aliphatic carbocycles. The summed E-state index contributed by atoms with van der Waals surface area (Å²) in [6.07, 6.45) is -0.733. The molecule has 0 heterocycles. The number of rotatable bonds is 1. The highest BCUT2D eigenvalue weighted by atomic mass is 19.1. The van der Waals surface area contributed by atoms with E-state index in [1.165, 1.54) is 6.07 Å². The van der Waals surface area contributed by atoms with E-state index in [2.05, 4.69) is 0 Å². The van der Waals surface area contributed by atoms with E-state index in [-0.39, 0.29) is 12.8 Å². The molecule has 1 aliphatic rings. The lowest BCUT2D eigenvalue weighted by Gasteiger charge is -2.38. The zero-order valence-corrected chi connectivity index (χ0v) is 7.50. The van der Waals surface area contributed by atoms with Gasteiger partial charge in [0.1, 0.15) is 12.0 Å². The summed E-state index contributed by atoms with van der Waals surface area (Å²) in [4.78, 5) is 0. The molecule has 14 heavy (non-hydrogen) atoms. The van der Waals surface area contributed by atoms with Crippen LogP contribution in [0.1, 0.15) is 18.4 Å². The van der Waals surface area contributed by atoms with Gasteiger partial charge in [0.25, 0.3) is 0 Å². The van der Waals surface area contributed by atoms with Crippen molar-refractivity contribution in [1.82, 2.24) is 0 Å². The van der Waals surface area contributed by atoms with E-state index in [0.717, 1.165) is 0 Å². The summed E-state index contributed by atoms with van der Waals surface area (Å²) >= 11 is 0. The molecule has 0 radical (unpaired) electrons. The summed E-state index contributed by atoms with van der Waals surface area (Å²) in [5.41, 5.74) is -0.596. The van der Waals surface area contributed by atoms with Crippen LogP contribution in [0, 0.1) is 17.1 Å². The first-order chi connectivity index (χ1) is 6.68. The third-order valence-electron chi connectivity index (χ3n) is 2.74. The Morgan fingerprint density at radius 3 is 2.50 bits per heavy atom. The van der Waals surface area contributed by atoms with Crippen molar-refractivity contribution >= 4 is 0 Å². The zero-order chi connectivity index (χ0) is 10.2. The molecule has 0 bridgehead atoms. The van der Waals surface area contributed by atoms with Crippen molar-refractivity contribution in [2.75, 3.05) is 0 Å². The largest absolute Gasteiger partial charge is 0.247 e. The van der Waals surface area contributed by atoms with E-state index in [9.17, 15) is 8.78 Å². The predicted molar refractivity (Wildman–Crippen MR) is 47.8 cm³/mol. The average Bonchev–Trinajstić information content (AvgIpc) is 2.14. The van der Waals surface area contributed by atoms with Crippen LogP contribution in [-0.4, -0.2) is 6.17 Å². The first kappa shape index (κ1) is 9.14. The predicted octanol–water partition coefficient (Wildman–Crippen LogP) is 2.72. The molecule has 1 fully saturated rings. The average molecular weight is 193 g/mol. The van der Waals surface area contributed by atoms with Gasteiger partial charge >= 0.3 is 0 Å². The van der Waals surface area contributed by atoms with E-state index in [1.807, 2.05) is 6.07 Å². The van der Waals surface area contributed by atoms with Crippen molar-refractivity contribution in [2.24, 2.45) is 0 Å². The van der Waals surface area contributed by atoms with Crippen molar-refractivity contribution in [3.05, 3.63) is 35.6 Å². The number of nitrogens with zero attached hydrogens (tertiary/aromatic N) is 1. The second kappa shape index (κ2) is 3.06. The highest BCUT2D eigenvalue weighted by Crippen LogP contribution is 2.45. The number of hydrogen-bond acceptors (Lipinski definition) is 1. The maximum Gasteiger partial charge on any atom is 0.128 e. The molecule has 0 N–H and O–H groups in total. The fourth-order valence-corrected chi connectivity index (χ4v) is 1.92. The SMILES string of the molecule is N#CC1(c2ccccc2F)CC(F)C1. The van der Waals surface area contributed by atoms with Crippen molar-refractivity contribution in [3.8, 4) is 6.07 Å². The molecule has 0 amide bonds. The number of benzene rings is 1. The summed E-state index contributed by atoms with van der Waals surface area (Å²) < 4.78 is 26.1. The third kappa shape index (κ3) is 1.19. The minimum atomic E-state index is -0.964. The molecule has 1 nitrogen and oxygen atoms in total. The molecule has 72 valence electrons. The van der Waals surface area contributed by atoms with Gasteiger partial charge in [-0.3, -0.25) is 0 Å². The lowest BCUT2D eigenvalue weighted by atomic mass is 9.64. The molecule has 0 aliphatic heterocycles. The molecule has 0 unspecified atom stereocenters. The third-order valence-corrected chi connectivity index (χ3v) is 2.74. The van der Waals surface area contributed by atoms with Crippen LogP contribution < -0.4 is 0 Å². The Morgan fingerprint density at radius 1 is 1.36 bits per heavy atom. The van der Waals surface area contributed by atoms with E-state index in [4.69, 9.17) is 5.26 Å². The van der Waals surface area contributed by atoms with Gasteiger partial charge in [0.2, 0.25) is 0 Å². The Hall–Kier alpha value is -1.43. The van der Waals surface area contributed by atoms with Crippen LogP contribution in [0.5, 0.6) is 0 Å². The first-order valence-electron chi connectivity index (χ1n) is 4.48. The first-order valence-corrected chi connectivity index (χ1v) is 4.48. The maximum absolute atomic E-state index is 13.3. The molecule has 1 aromatic carbocycles. The fraction of sp³-hybridized carbons (Fsp3) is 0.364. The maximum atomic E-state index is 13.3. The van der Waals surface area contributed by atoms with Gasteiger partial charge in [-0.2, -0.15) is 5.26 Å². The standard InChI is InChI=1S/C11H9F2N/c12-8-5-11(6-8,7-14)9-3-1-2-4-10(9)13/h1-4,8H,5-6H2. The van der Waals surface area contributed by atoms with Gasteiger partial charge in [-0.1, -0.05) is 18.2 Å². The second-order valence-corrected chi connectivity index (χ2v) is 3.68. The fourth-order valence-electron chi connectivity index (χ4n) is 1.92. The highest BCUT2D eigenvalue weighted by molar-refractivity contribution is 5.37. The monoisotopic (exact) mass is 193 g/mol. The van der Waals surface area contributed by atoms with Gasteiger partial charge in [0.15, 0.2) is 0 Å². The van der Waals surface area contributed by atoms with Crippen molar-refractivity contribution < 1.29 is 8.78 Å². The van der Waals surface area contributed by atoms with Crippen LogP contribution in [0.15, 0.2) is 24.3 Å². The van der Waals surface area contributed by atoms with E-state index >= 15 is 0 Å². The van der Waals surface area contributed by atoms with Crippen LogP contribution in [0.3, 0.4) is 0 Å². The molecule has 0 atom stereocenters. The van der Waals surface area contributed by atoms with Crippen LogP contribution in [0.4, 0.5) is 8.78 Å². The van der Waals surface area contributed by atoms with Gasteiger partial charge in [-0.05, 0) is 6.07 Å². The Morgan fingerprint density at radius 2 is 2.00 bits per heavy atom. The second-order valence-electron chi connectivity index (χ2n) is 3.68. The topological polar surface area (TPSA) is 23.8 Å². The zero-order valence-electron chi connectivity index (χ0n) is 7.50. The minimum Gasteiger partial charge on any atom is -0.247 e. The summed E-state index contributed by atoms with van der Waals surface area (Å²) in [6, 6.07) is 8.12.